The second kappa shape index (κ2) is 10.1. The van der Waals surface area contributed by atoms with Crippen LogP contribution in [0.3, 0.4) is 0 Å². The normalized spacial score (nSPS) is 24.6. The number of nitrogens with two attached hydrogens (primary N) is 1. The summed E-state index contributed by atoms with van der Waals surface area (Å²) in [6, 6.07) is 15.4. The van der Waals surface area contributed by atoms with E-state index in [9.17, 15) is 19.5 Å². The number of carbonyl (C=O) groups excluding carboxylic acids is 3. The van der Waals surface area contributed by atoms with Gasteiger partial charge in [0.2, 0.25) is 11.8 Å². The molecule has 34 heavy (non-hydrogen) atoms. The molecule has 4 rings (SSSR count). The third-order valence-electron chi connectivity index (χ3n) is 6.31. The number of rotatable bonds is 7. The number of primary amides is 1. The highest BCUT2D eigenvalue weighted by Crippen LogP contribution is 2.41. The van der Waals surface area contributed by atoms with Gasteiger partial charge in [-0.05, 0) is 25.0 Å². The number of hydrogen-bond donors (Lipinski definition) is 3. The molecule has 1 radical (unpaired) electrons. The average Bonchev–Trinajstić information content (AvgIpc) is 3.21. The van der Waals surface area contributed by atoms with Gasteiger partial charge in [-0.25, -0.2) is 0 Å². The number of fused-ring (bicyclic) bond motifs is 1. The van der Waals surface area contributed by atoms with E-state index in [0.717, 1.165) is 22.9 Å². The molecule has 2 aliphatic heterocycles. The smallest absolute Gasteiger partial charge is 0.253 e. The average molecular weight is 483 g/mol. The summed E-state index contributed by atoms with van der Waals surface area (Å²) < 4.78 is 4.33. The molecule has 0 bridgehead atoms. The molecule has 0 aliphatic carbocycles. The molecule has 2 aromatic carbocycles. The zero-order valence-electron chi connectivity index (χ0n) is 18.8. The van der Waals surface area contributed by atoms with E-state index in [2.05, 4.69) is 5.32 Å². The van der Waals surface area contributed by atoms with Gasteiger partial charge in [-0.1, -0.05) is 48.5 Å². The van der Waals surface area contributed by atoms with Crippen LogP contribution in [0.2, 0.25) is 0 Å². The topological polar surface area (TPSA) is 122 Å². The maximum absolute atomic E-state index is 13.5. The summed E-state index contributed by atoms with van der Waals surface area (Å²) in [4.78, 5) is 40.3. The Labute approximate surface area is 202 Å². The fourth-order valence-corrected chi connectivity index (χ4v) is 5.54. The number of hydrogen-bond acceptors (Lipinski definition) is 6. The molecule has 179 valence electrons. The highest BCUT2D eigenvalue weighted by Gasteiger charge is 2.55. The zero-order valence-corrected chi connectivity index (χ0v) is 19.7. The molecular formula is C25H28N3O5S. The van der Waals surface area contributed by atoms with Gasteiger partial charge in [0.15, 0.2) is 0 Å². The van der Waals surface area contributed by atoms with E-state index in [0.29, 0.717) is 25.2 Å². The van der Waals surface area contributed by atoms with Crippen LogP contribution >= 0.6 is 11.8 Å². The lowest BCUT2D eigenvalue weighted by atomic mass is 9.95. The maximum atomic E-state index is 13.5. The van der Waals surface area contributed by atoms with Crippen LogP contribution in [0.1, 0.15) is 30.5 Å². The second-order valence-corrected chi connectivity index (χ2v) is 9.96. The van der Waals surface area contributed by atoms with Crippen LogP contribution in [0.25, 0.3) is 0 Å². The minimum Gasteiger partial charge on any atom is -0.493 e. The molecule has 0 spiro atoms. The monoisotopic (exact) mass is 482 g/mol. The SMILES string of the molecule is C[C@]1(C(N)=O)SCN(C(=O)[C@@H](O)[CH]Cc2ccccc2)C1C(=O)NC1CCOc2ccccc21. The van der Waals surface area contributed by atoms with Crippen molar-refractivity contribution in [2.75, 3.05) is 12.5 Å². The molecule has 4 atom stereocenters. The lowest BCUT2D eigenvalue weighted by Crippen LogP contribution is -2.60. The largest absolute Gasteiger partial charge is 0.493 e. The molecule has 2 unspecified atom stereocenters. The van der Waals surface area contributed by atoms with Gasteiger partial charge in [-0.15, -0.1) is 11.8 Å². The Bertz CT molecular complexity index is 1070. The molecule has 0 saturated carbocycles. The molecule has 4 N–H and O–H groups in total. The number of aliphatic hydroxyl groups is 1. The van der Waals surface area contributed by atoms with Gasteiger partial charge in [-0.2, -0.15) is 0 Å². The standard InChI is InChI=1S/C25H28N3O5S/c1-25(24(26)32)21(22(30)27-18-13-14-33-20-10-6-5-9-17(18)20)28(15-34-25)23(31)19(29)12-11-16-7-3-2-4-8-16/h2-10,12,18-19,21,29H,11,13-15H2,1H3,(H2,26,32)(H,27,30)/t18?,19-,21?,25-/m0/s1. The summed E-state index contributed by atoms with van der Waals surface area (Å²) in [6.07, 6.45) is 1.01. The Morgan fingerprint density at radius 1 is 1.24 bits per heavy atom. The van der Waals surface area contributed by atoms with Gasteiger partial charge < -0.3 is 25.8 Å². The van der Waals surface area contributed by atoms with E-state index in [-0.39, 0.29) is 11.9 Å². The predicted molar refractivity (Wildman–Crippen MR) is 129 cm³/mol. The van der Waals surface area contributed by atoms with Crippen LogP contribution in [0.5, 0.6) is 5.75 Å². The molecule has 3 amide bonds. The molecule has 1 saturated heterocycles. The Morgan fingerprint density at radius 2 is 1.94 bits per heavy atom. The predicted octanol–water partition coefficient (Wildman–Crippen LogP) is 1.58. The molecule has 2 heterocycles. The van der Waals surface area contributed by atoms with Crippen molar-refractivity contribution in [1.82, 2.24) is 10.2 Å². The van der Waals surface area contributed by atoms with Crippen molar-refractivity contribution in [2.45, 2.75) is 42.7 Å². The molecule has 2 aliphatic rings. The summed E-state index contributed by atoms with van der Waals surface area (Å²) in [5.74, 6) is -1.06. The summed E-state index contributed by atoms with van der Waals surface area (Å²) in [5.41, 5.74) is 7.45. The van der Waals surface area contributed by atoms with Gasteiger partial charge in [0, 0.05) is 18.4 Å². The van der Waals surface area contributed by atoms with Crippen molar-refractivity contribution in [1.29, 1.82) is 0 Å². The van der Waals surface area contributed by atoms with Crippen molar-refractivity contribution in [3.8, 4) is 5.75 Å². The van der Waals surface area contributed by atoms with Gasteiger partial charge >= 0.3 is 0 Å². The van der Waals surface area contributed by atoms with Crippen molar-refractivity contribution < 1.29 is 24.2 Å². The van der Waals surface area contributed by atoms with Crippen LogP contribution in [0, 0.1) is 6.42 Å². The second-order valence-electron chi connectivity index (χ2n) is 8.56. The summed E-state index contributed by atoms with van der Waals surface area (Å²) in [7, 11) is 0. The van der Waals surface area contributed by atoms with Crippen molar-refractivity contribution >= 4 is 29.5 Å². The minimum absolute atomic E-state index is 0.0664. The zero-order chi connectivity index (χ0) is 24.3. The fraction of sp³-hybridized carbons (Fsp3) is 0.360. The van der Waals surface area contributed by atoms with Crippen molar-refractivity contribution in [3.63, 3.8) is 0 Å². The van der Waals surface area contributed by atoms with E-state index in [1.807, 2.05) is 54.6 Å². The Kier molecular flexibility index (Phi) is 7.13. The first-order valence-electron chi connectivity index (χ1n) is 11.1. The number of benzene rings is 2. The molecule has 1 fully saturated rings. The van der Waals surface area contributed by atoms with Crippen LogP contribution < -0.4 is 15.8 Å². The first-order valence-corrected chi connectivity index (χ1v) is 12.1. The first kappa shape index (κ1) is 24.1. The molecule has 0 aromatic heterocycles. The number of nitrogens with zero attached hydrogens (tertiary/aromatic N) is 1. The molecular weight excluding hydrogens is 454 g/mol. The van der Waals surface area contributed by atoms with Crippen LogP contribution in [-0.2, 0) is 20.8 Å². The van der Waals surface area contributed by atoms with Crippen LogP contribution in [0.15, 0.2) is 54.6 Å². The highest BCUT2D eigenvalue weighted by molar-refractivity contribution is 8.01. The number of carbonyl (C=O) groups is 3. The van der Waals surface area contributed by atoms with Gasteiger partial charge in [0.25, 0.3) is 5.91 Å². The van der Waals surface area contributed by atoms with Crippen molar-refractivity contribution in [2.24, 2.45) is 5.73 Å². The Hall–Kier alpha value is -3.04. The number of thioether (sulfide) groups is 1. The number of ether oxygens (including phenoxy) is 1. The Morgan fingerprint density at radius 3 is 2.68 bits per heavy atom. The van der Waals surface area contributed by atoms with Crippen LogP contribution in [0.4, 0.5) is 0 Å². The summed E-state index contributed by atoms with van der Waals surface area (Å²) >= 11 is 1.13. The van der Waals surface area contributed by atoms with E-state index in [4.69, 9.17) is 10.5 Å². The van der Waals surface area contributed by atoms with Gasteiger partial charge in [0.1, 0.15) is 22.6 Å². The number of aliphatic hydroxyl groups excluding tert-OH is 1. The van der Waals surface area contributed by atoms with E-state index >= 15 is 0 Å². The lowest BCUT2D eigenvalue weighted by Gasteiger charge is -2.34. The summed E-state index contributed by atoms with van der Waals surface area (Å²) in [6.45, 7) is 2.00. The van der Waals surface area contributed by atoms with Gasteiger partial charge in [0.05, 0.1) is 18.5 Å². The molecule has 2 aromatic rings. The minimum atomic E-state index is -1.42. The fourth-order valence-electron chi connectivity index (χ4n) is 4.32. The lowest BCUT2D eigenvalue weighted by molar-refractivity contribution is -0.146. The third-order valence-corrected chi connectivity index (χ3v) is 7.74. The van der Waals surface area contributed by atoms with E-state index in [1.165, 1.54) is 11.3 Å². The first-order chi connectivity index (χ1) is 16.3. The van der Waals surface area contributed by atoms with E-state index in [1.54, 1.807) is 6.92 Å². The van der Waals surface area contributed by atoms with Crippen LogP contribution in [-0.4, -0.2) is 57.1 Å². The van der Waals surface area contributed by atoms with Crippen molar-refractivity contribution in [3.05, 3.63) is 72.1 Å². The highest BCUT2D eigenvalue weighted by atomic mass is 32.2. The number of amides is 3. The van der Waals surface area contributed by atoms with E-state index < -0.39 is 34.6 Å². The molecule has 8 nitrogen and oxygen atoms in total. The maximum Gasteiger partial charge on any atom is 0.253 e. The summed E-state index contributed by atoms with van der Waals surface area (Å²) in [5, 5.41) is 13.6. The van der Waals surface area contributed by atoms with Gasteiger partial charge in [-0.3, -0.25) is 14.4 Å². The molecule has 9 heteroatoms. The number of nitrogens with one attached hydrogen (secondary N) is 1. The number of para-hydroxylation sites is 1. The Balaban J connectivity index is 1.51. The quantitative estimate of drug-likeness (QED) is 0.551. The third kappa shape index (κ3) is 4.76.